The molecule has 8 nitrogen and oxygen atoms in total. The third-order valence-electron chi connectivity index (χ3n) is 5.46. The van der Waals surface area contributed by atoms with Crippen molar-refractivity contribution in [3.05, 3.63) is 66.2 Å². The summed E-state index contributed by atoms with van der Waals surface area (Å²) in [6.07, 6.45) is 0. The molecule has 4 aromatic rings. The third-order valence-corrected chi connectivity index (χ3v) is 6.01. The first kappa shape index (κ1) is 19.1. The van der Waals surface area contributed by atoms with Crippen molar-refractivity contribution in [3.63, 3.8) is 0 Å². The number of benzene rings is 3. The lowest BCUT2D eigenvalue weighted by Crippen LogP contribution is -2.42. The number of anilines is 1. The Hall–Kier alpha value is -3.85. The van der Waals surface area contributed by atoms with Crippen LogP contribution in [0.1, 0.15) is 12.5 Å². The van der Waals surface area contributed by atoms with Crippen LogP contribution in [0.4, 0.5) is 10.5 Å². The van der Waals surface area contributed by atoms with Crippen LogP contribution in [0, 0.1) is 0 Å². The Morgan fingerprint density at radius 1 is 1.06 bits per heavy atom. The average Bonchev–Trinajstić information content (AvgIpc) is 3.33. The van der Waals surface area contributed by atoms with Gasteiger partial charge in [0.2, 0.25) is 5.91 Å². The molecule has 31 heavy (non-hydrogen) atoms. The number of urea groups is 1. The number of imide groups is 1. The molecule has 2 heterocycles. The van der Waals surface area contributed by atoms with Gasteiger partial charge in [-0.3, -0.25) is 14.5 Å². The van der Waals surface area contributed by atoms with Crippen molar-refractivity contribution in [2.45, 2.75) is 12.5 Å². The first-order valence-corrected chi connectivity index (χ1v) is 10.3. The summed E-state index contributed by atoms with van der Waals surface area (Å²) in [6.45, 7) is 1.25. The maximum absolute atomic E-state index is 13.2. The quantitative estimate of drug-likeness (QED) is 0.483. The summed E-state index contributed by atoms with van der Waals surface area (Å²) in [5.41, 5.74) is 1.13. The predicted octanol–water partition coefficient (Wildman–Crippen LogP) is 3.25. The smallest absolute Gasteiger partial charge is 0.323 e. The van der Waals surface area contributed by atoms with Crippen LogP contribution in [-0.4, -0.2) is 38.0 Å². The molecule has 2 N–H and O–H groups in total. The van der Waals surface area contributed by atoms with Gasteiger partial charge in [-0.2, -0.15) is 8.75 Å². The number of carbonyl (C=O) groups is 3. The van der Waals surface area contributed by atoms with Crippen molar-refractivity contribution in [3.8, 4) is 0 Å². The van der Waals surface area contributed by atoms with Gasteiger partial charge in [-0.05, 0) is 41.5 Å². The second-order valence-electron chi connectivity index (χ2n) is 7.49. The van der Waals surface area contributed by atoms with Gasteiger partial charge in [0.1, 0.15) is 23.1 Å². The Morgan fingerprint density at radius 2 is 1.87 bits per heavy atom. The van der Waals surface area contributed by atoms with Crippen LogP contribution in [0.3, 0.4) is 0 Å². The van der Waals surface area contributed by atoms with E-state index >= 15 is 0 Å². The number of aromatic nitrogens is 2. The Labute approximate surface area is 181 Å². The molecular weight excluding hydrogens is 414 g/mol. The number of fused-ring (bicyclic) bond motifs is 2. The van der Waals surface area contributed by atoms with Gasteiger partial charge in [0.15, 0.2) is 0 Å². The average molecular weight is 431 g/mol. The highest BCUT2D eigenvalue weighted by atomic mass is 32.1. The van der Waals surface area contributed by atoms with Crippen molar-refractivity contribution in [1.29, 1.82) is 0 Å². The molecule has 5 rings (SSSR count). The van der Waals surface area contributed by atoms with E-state index in [4.69, 9.17) is 0 Å². The topological polar surface area (TPSA) is 104 Å². The van der Waals surface area contributed by atoms with Crippen LogP contribution in [0.15, 0.2) is 60.7 Å². The number of nitrogens with zero attached hydrogens (tertiary/aromatic N) is 3. The van der Waals surface area contributed by atoms with E-state index in [1.54, 1.807) is 25.1 Å². The Morgan fingerprint density at radius 3 is 2.71 bits per heavy atom. The van der Waals surface area contributed by atoms with Crippen molar-refractivity contribution in [1.82, 2.24) is 19.0 Å². The fourth-order valence-corrected chi connectivity index (χ4v) is 4.33. The molecule has 1 aromatic heterocycles. The molecule has 4 amide bonds. The summed E-state index contributed by atoms with van der Waals surface area (Å²) in [4.78, 5) is 39.3. The fourth-order valence-electron chi connectivity index (χ4n) is 3.78. The Bertz CT molecular complexity index is 1370. The number of hydrogen-bond acceptors (Lipinski definition) is 6. The minimum atomic E-state index is -1.25. The van der Waals surface area contributed by atoms with Gasteiger partial charge in [0.25, 0.3) is 5.91 Å². The first-order chi connectivity index (χ1) is 15.0. The Kier molecular flexibility index (Phi) is 4.40. The molecule has 1 aliphatic heterocycles. The normalized spacial score (nSPS) is 18.5. The van der Waals surface area contributed by atoms with E-state index in [0.717, 1.165) is 27.4 Å². The highest BCUT2D eigenvalue weighted by Crippen LogP contribution is 2.31. The SMILES string of the molecule is CC1(c2ccc3ccccc3c2)NC(=O)N(CC(=O)Nc2cccc3nsnc23)C1=O. The van der Waals surface area contributed by atoms with Crippen molar-refractivity contribution < 1.29 is 14.4 Å². The van der Waals surface area contributed by atoms with E-state index in [1.165, 1.54) is 0 Å². The van der Waals surface area contributed by atoms with E-state index in [1.807, 2.05) is 42.5 Å². The molecule has 0 saturated carbocycles. The number of amides is 4. The number of nitrogens with one attached hydrogen (secondary N) is 2. The summed E-state index contributed by atoms with van der Waals surface area (Å²) < 4.78 is 8.32. The predicted molar refractivity (Wildman–Crippen MR) is 118 cm³/mol. The zero-order chi connectivity index (χ0) is 21.6. The van der Waals surface area contributed by atoms with Crippen LogP contribution >= 0.6 is 11.7 Å². The summed E-state index contributed by atoms with van der Waals surface area (Å²) in [5, 5.41) is 7.46. The van der Waals surface area contributed by atoms with Gasteiger partial charge < -0.3 is 10.6 Å². The van der Waals surface area contributed by atoms with Gasteiger partial charge >= 0.3 is 6.03 Å². The lowest BCUT2D eigenvalue weighted by Gasteiger charge is -2.22. The molecule has 1 aliphatic rings. The summed E-state index contributed by atoms with van der Waals surface area (Å²) >= 11 is 1.05. The molecule has 1 fully saturated rings. The van der Waals surface area contributed by atoms with Crippen LogP contribution < -0.4 is 10.6 Å². The highest BCUT2D eigenvalue weighted by Gasteiger charge is 2.49. The zero-order valence-electron chi connectivity index (χ0n) is 16.5. The molecule has 1 atom stereocenters. The molecule has 9 heteroatoms. The van der Waals surface area contributed by atoms with Gasteiger partial charge in [-0.1, -0.05) is 42.5 Å². The molecule has 1 unspecified atom stereocenters. The lowest BCUT2D eigenvalue weighted by atomic mass is 9.90. The molecule has 154 valence electrons. The third kappa shape index (κ3) is 3.19. The largest absolute Gasteiger partial charge is 0.325 e. The van der Waals surface area contributed by atoms with E-state index in [0.29, 0.717) is 22.3 Å². The van der Waals surface area contributed by atoms with Crippen molar-refractivity contribution in [2.24, 2.45) is 0 Å². The highest BCUT2D eigenvalue weighted by molar-refractivity contribution is 7.00. The van der Waals surface area contributed by atoms with Gasteiger partial charge in [-0.15, -0.1) is 0 Å². The number of hydrogen-bond donors (Lipinski definition) is 2. The number of carbonyl (C=O) groups excluding carboxylic acids is 3. The minimum Gasteiger partial charge on any atom is -0.323 e. The van der Waals surface area contributed by atoms with Crippen molar-refractivity contribution >= 4 is 57.1 Å². The molecule has 3 aromatic carbocycles. The monoisotopic (exact) mass is 431 g/mol. The molecule has 0 aliphatic carbocycles. The summed E-state index contributed by atoms with van der Waals surface area (Å²) in [7, 11) is 0. The van der Waals surface area contributed by atoms with Gasteiger partial charge in [0.05, 0.1) is 17.4 Å². The van der Waals surface area contributed by atoms with E-state index in [2.05, 4.69) is 19.4 Å². The molecule has 0 bridgehead atoms. The summed E-state index contributed by atoms with van der Waals surface area (Å²) in [5.74, 6) is -0.969. The maximum Gasteiger partial charge on any atom is 0.325 e. The maximum atomic E-state index is 13.2. The van der Waals surface area contributed by atoms with Gasteiger partial charge in [0, 0.05) is 0 Å². The molecular formula is C22H17N5O3S. The lowest BCUT2D eigenvalue weighted by molar-refractivity contribution is -0.133. The zero-order valence-corrected chi connectivity index (χ0v) is 17.3. The summed E-state index contributed by atoms with van der Waals surface area (Å²) in [6, 6.07) is 18.0. The van der Waals surface area contributed by atoms with Crippen LogP contribution in [0.5, 0.6) is 0 Å². The number of rotatable bonds is 4. The van der Waals surface area contributed by atoms with Crippen molar-refractivity contribution in [2.75, 3.05) is 11.9 Å². The molecule has 0 radical (unpaired) electrons. The van der Waals surface area contributed by atoms with E-state index in [-0.39, 0.29) is 0 Å². The van der Waals surface area contributed by atoms with E-state index in [9.17, 15) is 14.4 Å². The minimum absolute atomic E-state index is 0.401. The van der Waals surface area contributed by atoms with E-state index < -0.39 is 29.9 Å². The Balaban J connectivity index is 1.38. The molecule has 1 saturated heterocycles. The van der Waals surface area contributed by atoms with Crippen LogP contribution in [0.2, 0.25) is 0 Å². The fraction of sp³-hybridized carbons (Fsp3) is 0.136. The molecule has 0 spiro atoms. The van der Waals surface area contributed by atoms with Gasteiger partial charge in [-0.25, -0.2) is 4.79 Å². The second-order valence-corrected chi connectivity index (χ2v) is 8.02. The first-order valence-electron chi connectivity index (χ1n) is 9.60. The van der Waals surface area contributed by atoms with Crippen LogP contribution in [-0.2, 0) is 15.1 Å². The second kappa shape index (κ2) is 7.13. The standard InChI is InChI=1S/C22H17N5O3S/c1-22(15-10-9-13-5-2-3-6-14(13)11-15)20(29)27(21(30)24-22)12-18(28)23-16-7-4-8-17-19(16)26-31-25-17/h2-11H,12H2,1H3,(H,23,28)(H,24,30). The van der Waals surface area contributed by atoms with Crippen LogP contribution in [0.25, 0.3) is 21.8 Å².